The number of para-hydroxylation sites is 1. The number of benzene rings is 2. The minimum Gasteiger partial charge on any atom is -0.507 e. The summed E-state index contributed by atoms with van der Waals surface area (Å²) in [5.74, 6) is -2.47. The lowest BCUT2D eigenvalue weighted by Crippen LogP contribution is -2.52. The number of ether oxygens (including phenoxy) is 1. The maximum atomic E-state index is 14.3. The first-order valence-corrected chi connectivity index (χ1v) is 13.1. The molecule has 1 N–H and O–H groups in total. The quantitative estimate of drug-likeness (QED) is 0.240. The summed E-state index contributed by atoms with van der Waals surface area (Å²) in [5.41, 5.74) is -0.507. The number of Topliss-reactive ketones (excluding diaryl/α,β-unsaturated/α-hetero) is 1. The van der Waals surface area contributed by atoms with Crippen molar-refractivity contribution in [1.82, 2.24) is 9.80 Å². The van der Waals surface area contributed by atoms with E-state index in [2.05, 4.69) is 27.4 Å². The molecule has 8 nitrogen and oxygen atoms in total. The van der Waals surface area contributed by atoms with E-state index in [0.29, 0.717) is 43.0 Å². The van der Waals surface area contributed by atoms with Crippen LogP contribution in [0.5, 0.6) is 0 Å². The fraction of sp³-hybridized carbons (Fsp3) is 0.321. The van der Waals surface area contributed by atoms with Gasteiger partial charge in [0, 0.05) is 48.3 Å². The van der Waals surface area contributed by atoms with Crippen LogP contribution in [-0.4, -0.2) is 78.4 Å². The smallest absolute Gasteiger partial charge is 0.296 e. The second-order valence-electron chi connectivity index (χ2n) is 9.26. The van der Waals surface area contributed by atoms with Crippen LogP contribution in [0, 0.1) is 0 Å². The van der Waals surface area contributed by atoms with Crippen molar-refractivity contribution in [1.29, 1.82) is 0 Å². The van der Waals surface area contributed by atoms with Gasteiger partial charge in [0.2, 0.25) is 0 Å². The topological polar surface area (TPSA) is 90.4 Å². The highest BCUT2D eigenvalue weighted by Crippen LogP contribution is 2.53. The number of halogens is 1. The number of anilines is 1. The second-order valence-corrected chi connectivity index (χ2v) is 10.2. The van der Waals surface area contributed by atoms with Crippen LogP contribution in [0.4, 0.5) is 5.69 Å². The molecule has 5 rings (SSSR count). The molecule has 192 valence electrons. The van der Waals surface area contributed by atoms with Gasteiger partial charge in [-0.3, -0.25) is 19.3 Å². The van der Waals surface area contributed by atoms with Crippen molar-refractivity contribution in [2.24, 2.45) is 0 Å². The average Bonchev–Trinajstić information content (AvgIpc) is 3.28. The third kappa shape index (κ3) is 4.11. The Bertz CT molecular complexity index is 1280. The summed E-state index contributed by atoms with van der Waals surface area (Å²) in [7, 11) is 0. The van der Waals surface area contributed by atoms with Gasteiger partial charge in [-0.05, 0) is 24.6 Å². The molecule has 2 fully saturated rings. The summed E-state index contributed by atoms with van der Waals surface area (Å²) < 4.78 is 6.21. The Kier molecular flexibility index (Phi) is 7.02. The number of likely N-dealkylation sites (tertiary alicyclic amines) is 1. The first kappa shape index (κ1) is 25.4. The molecular weight excluding hydrogens is 538 g/mol. The molecule has 37 heavy (non-hydrogen) atoms. The zero-order valence-electron chi connectivity index (χ0n) is 20.4. The average molecular weight is 566 g/mol. The van der Waals surface area contributed by atoms with Crippen LogP contribution in [0.1, 0.15) is 17.5 Å². The Morgan fingerprint density at radius 1 is 1.05 bits per heavy atom. The van der Waals surface area contributed by atoms with Gasteiger partial charge in [0.05, 0.1) is 24.5 Å². The first-order chi connectivity index (χ1) is 17.9. The SMILES string of the molecule is C=CCN1C(=O)[C@]2(C(=C(O)c3ccc(Br)cc3)C(=O)C(=O)N2CCCN2CCOCC2)c2ccccc21. The Hall–Kier alpha value is -3.27. The Labute approximate surface area is 223 Å². The number of hydrogen-bond acceptors (Lipinski definition) is 6. The largest absolute Gasteiger partial charge is 0.507 e. The molecule has 1 spiro atoms. The number of hydrogen-bond donors (Lipinski definition) is 1. The number of fused-ring (bicyclic) bond motifs is 2. The number of aliphatic hydroxyl groups is 1. The fourth-order valence-electron chi connectivity index (χ4n) is 5.51. The van der Waals surface area contributed by atoms with Crippen LogP contribution in [0.3, 0.4) is 0 Å². The van der Waals surface area contributed by atoms with Crippen LogP contribution in [-0.2, 0) is 24.7 Å². The number of carbonyl (C=O) groups excluding carboxylic acids is 3. The minimum absolute atomic E-state index is 0.182. The molecule has 0 unspecified atom stereocenters. The molecule has 1 atom stereocenters. The van der Waals surface area contributed by atoms with Gasteiger partial charge in [-0.15, -0.1) is 6.58 Å². The van der Waals surface area contributed by atoms with Crippen LogP contribution in [0.15, 0.2) is 71.2 Å². The molecule has 9 heteroatoms. The normalized spacial score (nSPS) is 23.2. The van der Waals surface area contributed by atoms with E-state index in [1.165, 1.54) is 9.80 Å². The fourth-order valence-corrected chi connectivity index (χ4v) is 5.77. The van der Waals surface area contributed by atoms with Gasteiger partial charge in [-0.2, -0.15) is 0 Å². The van der Waals surface area contributed by atoms with E-state index in [4.69, 9.17) is 4.74 Å². The first-order valence-electron chi connectivity index (χ1n) is 12.3. The van der Waals surface area contributed by atoms with E-state index in [-0.39, 0.29) is 24.4 Å². The molecule has 0 aliphatic carbocycles. The standard InChI is InChI=1S/C28H28BrN3O5/c1-2-12-31-22-7-4-3-6-21(22)28(27(31)36)23(24(33)19-8-10-20(29)11-9-19)25(34)26(35)32(28)14-5-13-30-15-17-37-18-16-30/h2-4,6-11,33H,1,5,12-18H2/t28-/m1/s1. The maximum absolute atomic E-state index is 14.3. The lowest BCUT2D eigenvalue weighted by Gasteiger charge is -2.35. The molecule has 0 radical (unpaired) electrons. The Morgan fingerprint density at radius 3 is 2.46 bits per heavy atom. The van der Waals surface area contributed by atoms with Crippen molar-refractivity contribution in [2.45, 2.75) is 12.0 Å². The minimum atomic E-state index is -1.75. The molecule has 3 heterocycles. The number of aliphatic hydroxyl groups excluding tert-OH is 1. The number of amides is 2. The van der Waals surface area contributed by atoms with E-state index < -0.39 is 23.1 Å². The predicted molar refractivity (Wildman–Crippen MR) is 143 cm³/mol. The molecule has 2 aromatic carbocycles. The highest BCUT2D eigenvalue weighted by atomic mass is 79.9. The van der Waals surface area contributed by atoms with E-state index in [1.54, 1.807) is 54.6 Å². The van der Waals surface area contributed by atoms with E-state index in [1.807, 2.05) is 0 Å². The monoisotopic (exact) mass is 565 g/mol. The molecule has 3 aliphatic rings. The van der Waals surface area contributed by atoms with Gasteiger partial charge in [-0.25, -0.2) is 0 Å². The number of nitrogens with zero attached hydrogens (tertiary/aromatic N) is 3. The number of carbonyl (C=O) groups is 3. The molecular formula is C28H28BrN3O5. The lowest BCUT2D eigenvalue weighted by molar-refractivity contribution is -0.143. The van der Waals surface area contributed by atoms with Crippen molar-refractivity contribution >= 4 is 45.0 Å². The molecule has 0 aromatic heterocycles. The van der Waals surface area contributed by atoms with Gasteiger partial charge in [-0.1, -0.05) is 52.3 Å². The van der Waals surface area contributed by atoms with E-state index in [9.17, 15) is 19.5 Å². The number of rotatable bonds is 7. The summed E-state index contributed by atoms with van der Waals surface area (Å²) in [4.78, 5) is 46.6. The van der Waals surface area contributed by atoms with E-state index >= 15 is 0 Å². The summed E-state index contributed by atoms with van der Waals surface area (Å²) in [6, 6.07) is 13.9. The van der Waals surface area contributed by atoms with Gasteiger partial charge < -0.3 is 19.6 Å². The molecule has 0 bridgehead atoms. The van der Waals surface area contributed by atoms with E-state index in [0.717, 1.165) is 17.6 Å². The summed E-state index contributed by atoms with van der Waals surface area (Å²) in [6.45, 7) is 7.76. The predicted octanol–water partition coefficient (Wildman–Crippen LogP) is 3.28. The Morgan fingerprint density at radius 2 is 1.76 bits per heavy atom. The molecule has 2 saturated heterocycles. The maximum Gasteiger partial charge on any atom is 0.296 e. The van der Waals surface area contributed by atoms with Crippen molar-refractivity contribution in [3.8, 4) is 0 Å². The second kappa shape index (κ2) is 10.2. The Balaban J connectivity index is 1.65. The third-order valence-electron chi connectivity index (χ3n) is 7.20. The summed E-state index contributed by atoms with van der Waals surface area (Å²) >= 11 is 3.38. The number of morpholine rings is 1. The van der Waals surface area contributed by atoms with Crippen LogP contribution < -0.4 is 4.90 Å². The van der Waals surface area contributed by atoms with Crippen LogP contribution >= 0.6 is 15.9 Å². The zero-order valence-corrected chi connectivity index (χ0v) is 21.9. The van der Waals surface area contributed by atoms with Crippen LogP contribution in [0.2, 0.25) is 0 Å². The van der Waals surface area contributed by atoms with Crippen molar-refractivity contribution in [2.75, 3.05) is 50.8 Å². The lowest BCUT2D eigenvalue weighted by atomic mass is 9.82. The van der Waals surface area contributed by atoms with Gasteiger partial charge in [0.1, 0.15) is 5.76 Å². The number of ketones is 1. The summed E-state index contributed by atoms with van der Waals surface area (Å²) in [6.07, 6.45) is 2.16. The van der Waals surface area contributed by atoms with Crippen LogP contribution in [0.25, 0.3) is 5.76 Å². The summed E-state index contributed by atoms with van der Waals surface area (Å²) in [5, 5.41) is 11.5. The molecule has 3 aliphatic heterocycles. The molecule has 2 aromatic rings. The van der Waals surface area contributed by atoms with Crippen molar-refractivity contribution < 1.29 is 24.2 Å². The van der Waals surface area contributed by atoms with Gasteiger partial charge in [0.25, 0.3) is 17.6 Å². The van der Waals surface area contributed by atoms with Gasteiger partial charge >= 0.3 is 0 Å². The van der Waals surface area contributed by atoms with Gasteiger partial charge in [0.15, 0.2) is 5.54 Å². The van der Waals surface area contributed by atoms with Crippen molar-refractivity contribution in [3.05, 3.63) is 82.4 Å². The van der Waals surface area contributed by atoms with Crippen molar-refractivity contribution in [3.63, 3.8) is 0 Å². The highest BCUT2D eigenvalue weighted by molar-refractivity contribution is 9.10. The zero-order chi connectivity index (χ0) is 26.2. The highest BCUT2D eigenvalue weighted by Gasteiger charge is 2.66. The third-order valence-corrected chi connectivity index (χ3v) is 7.73. The molecule has 0 saturated carbocycles. The molecule has 2 amide bonds.